The van der Waals surface area contributed by atoms with Crippen LogP contribution < -0.4 is 19.9 Å². The fourth-order valence-electron chi connectivity index (χ4n) is 9.91. The van der Waals surface area contributed by atoms with Gasteiger partial charge in [-0.25, -0.2) is 0 Å². The van der Waals surface area contributed by atoms with Gasteiger partial charge >= 0.3 is 6.01 Å². The molecule has 9 rings (SSSR count). The number of anilines is 2. The maximum absolute atomic E-state index is 10.7. The molecule has 228 valence electrons. The maximum Gasteiger partial charge on any atom is 0.318 e. The molecular formula is C36H42N6O2. The molecule has 5 fully saturated rings. The van der Waals surface area contributed by atoms with Gasteiger partial charge < -0.3 is 25.0 Å². The highest BCUT2D eigenvalue weighted by Gasteiger charge is 2.55. The monoisotopic (exact) mass is 590 g/mol. The number of aromatic nitrogens is 2. The van der Waals surface area contributed by atoms with Gasteiger partial charge in [-0.15, -0.1) is 6.42 Å². The predicted molar refractivity (Wildman–Crippen MR) is 172 cm³/mol. The van der Waals surface area contributed by atoms with Crippen molar-refractivity contribution < 1.29 is 9.84 Å². The van der Waals surface area contributed by atoms with Crippen LogP contribution in [-0.2, 0) is 13.0 Å². The van der Waals surface area contributed by atoms with Gasteiger partial charge in [0.05, 0.1) is 17.8 Å². The van der Waals surface area contributed by atoms with Gasteiger partial charge in [-0.1, -0.05) is 24.5 Å². The molecule has 0 spiro atoms. The fraction of sp³-hybridized carbons (Fsp3) is 0.556. The number of rotatable bonds is 5. The van der Waals surface area contributed by atoms with Crippen molar-refractivity contribution in [3.8, 4) is 24.1 Å². The maximum atomic E-state index is 10.7. The Morgan fingerprint density at radius 1 is 1.05 bits per heavy atom. The number of phenols is 1. The minimum Gasteiger partial charge on any atom is -0.508 e. The molecule has 4 saturated heterocycles. The van der Waals surface area contributed by atoms with E-state index in [0.717, 1.165) is 71.5 Å². The molecule has 0 radical (unpaired) electrons. The van der Waals surface area contributed by atoms with E-state index in [2.05, 4.69) is 25.9 Å². The molecule has 6 aliphatic rings. The van der Waals surface area contributed by atoms with Gasteiger partial charge in [0.2, 0.25) is 0 Å². The van der Waals surface area contributed by atoms with Crippen molar-refractivity contribution in [2.75, 3.05) is 42.6 Å². The Bertz CT molecular complexity index is 1660. The van der Waals surface area contributed by atoms with Crippen LogP contribution >= 0.6 is 0 Å². The van der Waals surface area contributed by atoms with Crippen molar-refractivity contribution in [2.45, 2.75) is 88.0 Å². The highest BCUT2D eigenvalue weighted by atomic mass is 16.5. The summed E-state index contributed by atoms with van der Waals surface area (Å²) in [5.74, 6) is 5.01. The zero-order valence-corrected chi connectivity index (χ0v) is 25.5. The summed E-state index contributed by atoms with van der Waals surface area (Å²) in [6.07, 6.45) is 17.1. The summed E-state index contributed by atoms with van der Waals surface area (Å²) in [7, 11) is 0. The minimum absolute atomic E-state index is 0.140. The van der Waals surface area contributed by atoms with Gasteiger partial charge in [0, 0.05) is 66.0 Å². The molecule has 8 heteroatoms. The van der Waals surface area contributed by atoms with E-state index in [0.29, 0.717) is 31.2 Å². The Labute approximate surface area is 259 Å². The number of piperazine rings is 1. The average molecular weight is 591 g/mol. The number of phenolic OH excluding ortho intramolecular Hbond substituents is 1. The average Bonchev–Trinajstić information content (AvgIpc) is 3.80. The first-order valence-electron chi connectivity index (χ1n) is 16.8. The van der Waals surface area contributed by atoms with Crippen molar-refractivity contribution in [3.05, 3.63) is 47.2 Å². The van der Waals surface area contributed by atoms with Crippen LogP contribution in [0, 0.1) is 18.3 Å². The first kappa shape index (κ1) is 26.8. The SMILES string of the molecule is C#Cc1cccc2cc(O)cc(N3CCc4c(nc(OC[C@]56CCCN5[C@@H]5CCC[C@@H]5C6)nc4N4CC5CCC(C4)N5)C3)c12. The molecule has 5 atom stereocenters. The Balaban J connectivity index is 1.07. The van der Waals surface area contributed by atoms with Gasteiger partial charge in [-0.05, 0) is 81.3 Å². The number of terminal acetylenes is 1. The van der Waals surface area contributed by atoms with E-state index in [9.17, 15) is 5.11 Å². The van der Waals surface area contributed by atoms with Gasteiger partial charge in [0.15, 0.2) is 0 Å². The molecule has 1 saturated carbocycles. The highest BCUT2D eigenvalue weighted by molar-refractivity contribution is 6.00. The third kappa shape index (κ3) is 4.27. The second-order valence-corrected chi connectivity index (χ2v) is 14.3. The summed E-state index contributed by atoms with van der Waals surface area (Å²) in [5.41, 5.74) is 4.21. The second-order valence-electron chi connectivity index (χ2n) is 14.3. The van der Waals surface area contributed by atoms with Crippen LogP contribution in [0.2, 0.25) is 0 Å². The quantitative estimate of drug-likeness (QED) is 0.418. The molecule has 44 heavy (non-hydrogen) atoms. The number of fused-ring (bicyclic) bond motifs is 7. The number of aromatic hydroxyl groups is 1. The van der Waals surface area contributed by atoms with E-state index in [1.807, 2.05) is 24.3 Å². The van der Waals surface area contributed by atoms with E-state index in [1.54, 1.807) is 6.07 Å². The topological polar surface area (TPSA) is 77.0 Å². The molecule has 6 heterocycles. The van der Waals surface area contributed by atoms with Crippen LogP contribution in [-0.4, -0.2) is 76.4 Å². The smallest absolute Gasteiger partial charge is 0.318 e. The van der Waals surface area contributed by atoms with Gasteiger partial charge in [0.25, 0.3) is 0 Å². The zero-order chi connectivity index (χ0) is 29.4. The van der Waals surface area contributed by atoms with Crippen LogP contribution in [0.1, 0.15) is 68.2 Å². The first-order chi connectivity index (χ1) is 21.6. The van der Waals surface area contributed by atoms with Crippen molar-refractivity contribution in [1.29, 1.82) is 0 Å². The number of nitrogens with zero attached hydrogens (tertiary/aromatic N) is 5. The van der Waals surface area contributed by atoms with Crippen LogP contribution in [0.15, 0.2) is 30.3 Å². The van der Waals surface area contributed by atoms with E-state index in [4.69, 9.17) is 21.1 Å². The van der Waals surface area contributed by atoms with Crippen molar-refractivity contribution in [3.63, 3.8) is 0 Å². The lowest BCUT2D eigenvalue weighted by atomic mass is 9.90. The molecule has 2 bridgehead atoms. The lowest BCUT2D eigenvalue weighted by Gasteiger charge is -2.38. The molecule has 2 aromatic carbocycles. The first-order valence-corrected chi connectivity index (χ1v) is 16.8. The summed E-state index contributed by atoms with van der Waals surface area (Å²) >= 11 is 0. The number of nitrogens with one attached hydrogen (secondary N) is 1. The third-order valence-corrected chi connectivity index (χ3v) is 11.8. The lowest BCUT2D eigenvalue weighted by molar-refractivity contribution is 0.0829. The second kappa shape index (κ2) is 10.3. The number of benzene rings is 2. The van der Waals surface area contributed by atoms with Gasteiger partial charge in [0.1, 0.15) is 18.2 Å². The van der Waals surface area contributed by atoms with Crippen molar-refractivity contribution in [1.82, 2.24) is 20.2 Å². The van der Waals surface area contributed by atoms with Crippen LogP contribution in [0.4, 0.5) is 11.5 Å². The molecule has 5 aliphatic heterocycles. The molecule has 0 amide bonds. The van der Waals surface area contributed by atoms with E-state index < -0.39 is 0 Å². The number of hydrogen-bond donors (Lipinski definition) is 2. The van der Waals surface area contributed by atoms with Crippen LogP contribution in [0.3, 0.4) is 0 Å². The van der Waals surface area contributed by atoms with Crippen LogP contribution in [0.5, 0.6) is 11.8 Å². The fourth-order valence-corrected chi connectivity index (χ4v) is 9.91. The standard InChI is InChI=1S/C36H42N6O2/c1-2-23-6-3-7-24-16-28(43)17-32(33(23)24)40-15-12-29-30(21-40)38-35(39-34(29)41-19-26-10-11-27(20-41)37-26)44-22-36-13-5-14-42(36)31-9-4-8-25(31)18-36/h1,3,6-7,16-17,25-27,31,37,43H,4-5,8-15,18-22H2/t25-,26?,27?,31-,36-/m1/s1. The van der Waals surface area contributed by atoms with E-state index >= 15 is 0 Å². The Hall–Kier alpha value is -3.54. The largest absolute Gasteiger partial charge is 0.508 e. The summed E-state index contributed by atoms with van der Waals surface area (Å²) in [6, 6.07) is 11.9. The van der Waals surface area contributed by atoms with Gasteiger partial charge in [-0.2, -0.15) is 9.97 Å². The normalized spacial score (nSPS) is 30.8. The van der Waals surface area contributed by atoms with Crippen LogP contribution in [0.25, 0.3) is 10.8 Å². The molecule has 1 aromatic heterocycles. The zero-order valence-electron chi connectivity index (χ0n) is 25.5. The highest BCUT2D eigenvalue weighted by Crippen LogP contribution is 2.51. The molecule has 3 aromatic rings. The predicted octanol–water partition coefficient (Wildman–Crippen LogP) is 4.61. The summed E-state index contributed by atoms with van der Waals surface area (Å²) in [5, 5.41) is 16.4. The lowest BCUT2D eigenvalue weighted by Crippen LogP contribution is -2.52. The molecule has 2 unspecified atom stereocenters. The van der Waals surface area contributed by atoms with E-state index in [1.165, 1.54) is 63.5 Å². The van der Waals surface area contributed by atoms with Gasteiger partial charge in [-0.3, -0.25) is 4.90 Å². The molecule has 1 aliphatic carbocycles. The Morgan fingerprint density at radius 3 is 2.80 bits per heavy atom. The number of hydrogen-bond acceptors (Lipinski definition) is 8. The number of ether oxygens (including phenoxy) is 1. The van der Waals surface area contributed by atoms with E-state index in [-0.39, 0.29) is 11.3 Å². The Morgan fingerprint density at radius 2 is 1.93 bits per heavy atom. The van der Waals surface area contributed by atoms with Crippen molar-refractivity contribution >= 4 is 22.3 Å². The molecular weight excluding hydrogens is 548 g/mol. The molecule has 8 nitrogen and oxygen atoms in total. The van der Waals surface area contributed by atoms with Crippen molar-refractivity contribution in [2.24, 2.45) is 5.92 Å². The Kier molecular flexibility index (Phi) is 6.25. The summed E-state index contributed by atoms with van der Waals surface area (Å²) in [6.45, 7) is 5.27. The summed E-state index contributed by atoms with van der Waals surface area (Å²) < 4.78 is 6.70. The minimum atomic E-state index is 0.140. The third-order valence-electron chi connectivity index (χ3n) is 11.8. The summed E-state index contributed by atoms with van der Waals surface area (Å²) in [4.78, 5) is 18.0. The molecule has 2 N–H and O–H groups in total.